The van der Waals surface area contributed by atoms with Crippen molar-refractivity contribution in [1.82, 2.24) is 10.0 Å². The van der Waals surface area contributed by atoms with Crippen molar-refractivity contribution in [2.45, 2.75) is 37.8 Å². The molecule has 1 atom stereocenters. The highest BCUT2D eigenvalue weighted by molar-refractivity contribution is 7.89. The molecule has 2 N–H and O–H groups in total. The Bertz CT molecular complexity index is 1030. The van der Waals surface area contributed by atoms with Crippen molar-refractivity contribution in [1.29, 1.82) is 0 Å². The molecular weight excluding hydrogens is 458 g/mol. The largest absolute Gasteiger partial charge is 0.497 e. The first-order chi connectivity index (χ1) is 15.6. The summed E-state index contributed by atoms with van der Waals surface area (Å²) in [7, 11) is -1.13. The average molecular weight is 487 g/mol. The zero-order chi connectivity index (χ0) is 24.6. The molecule has 0 saturated carbocycles. The van der Waals surface area contributed by atoms with E-state index in [1.54, 1.807) is 19.9 Å². The van der Waals surface area contributed by atoms with Crippen LogP contribution < -0.4 is 24.2 Å². The van der Waals surface area contributed by atoms with Crippen LogP contribution in [0.1, 0.15) is 19.4 Å². The Morgan fingerprint density at radius 2 is 1.67 bits per heavy atom. The first kappa shape index (κ1) is 26.3. The third-order valence-corrected chi connectivity index (χ3v) is 6.21. The molecule has 2 aromatic rings. The van der Waals surface area contributed by atoms with Crippen LogP contribution in [0.3, 0.4) is 0 Å². The number of alkyl halides is 2. The Labute approximate surface area is 192 Å². The summed E-state index contributed by atoms with van der Waals surface area (Å²) in [5.41, 5.74) is 0.631. The Balaban J connectivity index is 2.03. The molecule has 2 rings (SSSR count). The van der Waals surface area contributed by atoms with Gasteiger partial charge in [-0.2, -0.15) is 13.5 Å². The lowest BCUT2D eigenvalue weighted by Gasteiger charge is -2.22. The van der Waals surface area contributed by atoms with E-state index in [0.29, 0.717) is 17.7 Å². The third kappa shape index (κ3) is 7.57. The number of hydrogen-bond donors (Lipinski definition) is 2. The zero-order valence-electron chi connectivity index (χ0n) is 18.8. The number of amides is 1. The van der Waals surface area contributed by atoms with Gasteiger partial charge in [-0.1, -0.05) is 19.9 Å². The predicted octanol–water partition coefficient (Wildman–Crippen LogP) is 2.97. The normalized spacial score (nSPS) is 12.5. The number of benzene rings is 2. The standard InChI is InChI=1S/C22H28F2N2O6S/c1-14(2)20(26-33(28,29)17-8-6-16(30-3)7-9-17)21(27)25-12-11-15-5-10-18(31-4)19(13-15)32-22(23)24/h5-10,13-14,20,22,26H,11-12H2,1-4H3,(H,25,27)/t20-/m0/s1. The number of methoxy groups -OCH3 is 2. The lowest BCUT2D eigenvalue weighted by Crippen LogP contribution is -2.49. The second-order valence-corrected chi connectivity index (χ2v) is 9.14. The first-order valence-electron chi connectivity index (χ1n) is 10.1. The molecule has 33 heavy (non-hydrogen) atoms. The van der Waals surface area contributed by atoms with Crippen molar-refractivity contribution < 1.29 is 36.2 Å². The maximum atomic E-state index is 12.7. The van der Waals surface area contributed by atoms with Gasteiger partial charge in [0.05, 0.1) is 19.1 Å². The van der Waals surface area contributed by atoms with Gasteiger partial charge in [0, 0.05) is 6.54 Å². The Kier molecular flexibility index (Phi) is 9.42. The van der Waals surface area contributed by atoms with Crippen LogP contribution >= 0.6 is 0 Å². The molecule has 0 saturated heterocycles. The highest BCUT2D eigenvalue weighted by atomic mass is 32.2. The van der Waals surface area contributed by atoms with Gasteiger partial charge in [-0.3, -0.25) is 4.79 Å². The molecule has 2 aromatic carbocycles. The number of carbonyl (C=O) groups excluding carboxylic acids is 1. The minimum Gasteiger partial charge on any atom is -0.497 e. The molecule has 8 nitrogen and oxygen atoms in total. The van der Waals surface area contributed by atoms with E-state index in [-0.39, 0.29) is 28.9 Å². The summed E-state index contributed by atoms with van der Waals surface area (Å²) in [4.78, 5) is 12.7. The van der Waals surface area contributed by atoms with Crippen LogP contribution in [0.5, 0.6) is 17.2 Å². The molecule has 0 spiro atoms. The van der Waals surface area contributed by atoms with Crippen molar-refractivity contribution in [3.8, 4) is 17.2 Å². The maximum Gasteiger partial charge on any atom is 0.387 e. The van der Waals surface area contributed by atoms with Gasteiger partial charge in [-0.25, -0.2) is 8.42 Å². The van der Waals surface area contributed by atoms with Gasteiger partial charge >= 0.3 is 6.61 Å². The second kappa shape index (κ2) is 11.8. The molecule has 0 bridgehead atoms. The van der Waals surface area contributed by atoms with Crippen molar-refractivity contribution in [3.05, 3.63) is 48.0 Å². The minimum absolute atomic E-state index is 0.00606. The van der Waals surface area contributed by atoms with Gasteiger partial charge in [0.15, 0.2) is 11.5 Å². The highest BCUT2D eigenvalue weighted by Crippen LogP contribution is 2.29. The molecule has 0 fully saturated rings. The molecule has 0 aliphatic carbocycles. The number of halogens is 2. The van der Waals surface area contributed by atoms with E-state index < -0.39 is 28.6 Å². The lowest BCUT2D eigenvalue weighted by molar-refractivity contribution is -0.123. The maximum absolute atomic E-state index is 12.7. The SMILES string of the molecule is COc1ccc(S(=O)(=O)N[C@H](C(=O)NCCc2ccc(OC)c(OC(F)F)c2)C(C)C)cc1. The van der Waals surface area contributed by atoms with Crippen molar-refractivity contribution in [3.63, 3.8) is 0 Å². The zero-order valence-corrected chi connectivity index (χ0v) is 19.6. The number of hydrogen-bond acceptors (Lipinski definition) is 6. The van der Waals surface area contributed by atoms with Crippen LogP contribution in [0, 0.1) is 5.92 Å². The van der Waals surface area contributed by atoms with E-state index >= 15 is 0 Å². The van der Waals surface area contributed by atoms with E-state index in [9.17, 15) is 22.0 Å². The summed E-state index contributed by atoms with van der Waals surface area (Å²) in [5, 5.41) is 2.69. The molecular formula is C22H28F2N2O6S. The topological polar surface area (TPSA) is 103 Å². The van der Waals surface area contributed by atoms with Crippen LogP contribution in [-0.4, -0.2) is 47.7 Å². The third-order valence-electron chi connectivity index (χ3n) is 4.76. The molecule has 0 aliphatic heterocycles. The summed E-state index contributed by atoms with van der Waals surface area (Å²) in [6, 6.07) is 9.36. The molecule has 1 amide bonds. The van der Waals surface area contributed by atoms with Crippen LogP contribution in [0.2, 0.25) is 0 Å². The first-order valence-corrected chi connectivity index (χ1v) is 11.6. The van der Waals surface area contributed by atoms with E-state index in [1.165, 1.54) is 50.6 Å². The fourth-order valence-electron chi connectivity index (χ4n) is 2.99. The number of carbonyl (C=O) groups is 1. The van der Waals surface area contributed by atoms with Gasteiger partial charge in [0.25, 0.3) is 0 Å². The van der Waals surface area contributed by atoms with Gasteiger partial charge < -0.3 is 19.5 Å². The fraction of sp³-hybridized carbons (Fsp3) is 0.409. The fourth-order valence-corrected chi connectivity index (χ4v) is 4.33. The van der Waals surface area contributed by atoms with Gasteiger partial charge in [0.2, 0.25) is 15.9 Å². The molecule has 0 aromatic heterocycles. The summed E-state index contributed by atoms with van der Waals surface area (Å²) >= 11 is 0. The van der Waals surface area contributed by atoms with Gasteiger partial charge in [-0.15, -0.1) is 0 Å². The molecule has 0 unspecified atom stereocenters. The second-order valence-electron chi connectivity index (χ2n) is 7.42. The minimum atomic E-state index is -3.94. The van der Waals surface area contributed by atoms with Crippen LogP contribution in [0.15, 0.2) is 47.4 Å². The van der Waals surface area contributed by atoms with Crippen molar-refractivity contribution in [2.75, 3.05) is 20.8 Å². The summed E-state index contributed by atoms with van der Waals surface area (Å²) in [6.45, 7) is 0.600. The van der Waals surface area contributed by atoms with E-state index in [0.717, 1.165) is 0 Å². The van der Waals surface area contributed by atoms with Gasteiger partial charge in [0.1, 0.15) is 11.8 Å². The molecule has 0 heterocycles. The predicted molar refractivity (Wildman–Crippen MR) is 118 cm³/mol. The Morgan fingerprint density at radius 1 is 1.00 bits per heavy atom. The number of ether oxygens (including phenoxy) is 3. The summed E-state index contributed by atoms with van der Waals surface area (Å²) in [6.07, 6.45) is 0.311. The van der Waals surface area contributed by atoms with Crippen LogP contribution in [-0.2, 0) is 21.2 Å². The van der Waals surface area contributed by atoms with E-state index in [4.69, 9.17) is 9.47 Å². The monoisotopic (exact) mass is 486 g/mol. The summed E-state index contributed by atoms with van der Waals surface area (Å²) < 4.78 is 67.5. The van der Waals surface area contributed by atoms with Gasteiger partial charge in [-0.05, 0) is 54.3 Å². The van der Waals surface area contributed by atoms with E-state index in [1.807, 2.05) is 0 Å². The lowest BCUT2D eigenvalue weighted by atomic mass is 10.0. The molecule has 182 valence electrons. The summed E-state index contributed by atoms with van der Waals surface area (Å²) in [5.74, 6) is -0.267. The Morgan fingerprint density at radius 3 is 2.21 bits per heavy atom. The Hall–Kier alpha value is -2.92. The van der Waals surface area contributed by atoms with Crippen LogP contribution in [0.4, 0.5) is 8.78 Å². The smallest absolute Gasteiger partial charge is 0.387 e. The molecule has 0 radical (unpaired) electrons. The number of sulfonamides is 1. The molecule has 11 heteroatoms. The highest BCUT2D eigenvalue weighted by Gasteiger charge is 2.28. The quantitative estimate of drug-likeness (QED) is 0.478. The number of nitrogens with one attached hydrogen (secondary N) is 2. The number of rotatable bonds is 12. The van der Waals surface area contributed by atoms with Crippen LogP contribution in [0.25, 0.3) is 0 Å². The van der Waals surface area contributed by atoms with E-state index in [2.05, 4.69) is 14.8 Å². The molecule has 0 aliphatic rings. The average Bonchev–Trinajstić information content (AvgIpc) is 2.77. The van der Waals surface area contributed by atoms with Crippen molar-refractivity contribution in [2.24, 2.45) is 5.92 Å². The van der Waals surface area contributed by atoms with Crippen molar-refractivity contribution >= 4 is 15.9 Å².